The standard InChI is InChI=1S/C14H16ClNO3/c15-11-3-1-10(2-4-11)9-14(8-6-13(18)19)7-5-12(17)16-14/h1-4H,5-9H2,(H,16,17)(H,18,19)/t14-/m1/s1. The van der Waals surface area contributed by atoms with Crippen LogP contribution in [0.1, 0.15) is 31.2 Å². The summed E-state index contributed by atoms with van der Waals surface area (Å²) in [6, 6.07) is 7.43. The molecule has 1 saturated heterocycles. The second-order valence-corrected chi connectivity index (χ2v) is 5.46. The molecule has 0 bridgehead atoms. The number of hydrogen-bond acceptors (Lipinski definition) is 2. The van der Waals surface area contributed by atoms with Crippen molar-refractivity contribution in [2.45, 2.75) is 37.6 Å². The molecule has 0 aliphatic carbocycles. The molecular formula is C14H16ClNO3. The molecule has 1 aliphatic heterocycles. The van der Waals surface area contributed by atoms with Crippen molar-refractivity contribution in [3.05, 3.63) is 34.9 Å². The Morgan fingerprint density at radius 3 is 2.58 bits per heavy atom. The van der Waals surface area contributed by atoms with Crippen LogP contribution >= 0.6 is 11.6 Å². The van der Waals surface area contributed by atoms with Crippen molar-refractivity contribution in [1.29, 1.82) is 0 Å². The molecule has 1 aromatic carbocycles. The van der Waals surface area contributed by atoms with Gasteiger partial charge >= 0.3 is 5.97 Å². The van der Waals surface area contributed by atoms with Crippen molar-refractivity contribution in [1.82, 2.24) is 5.32 Å². The minimum atomic E-state index is -0.836. The van der Waals surface area contributed by atoms with Gasteiger partial charge in [-0.1, -0.05) is 23.7 Å². The molecule has 1 amide bonds. The van der Waals surface area contributed by atoms with Gasteiger partial charge < -0.3 is 10.4 Å². The minimum Gasteiger partial charge on any atom is -0.481 e. The van der Waals surface area contributed by atoms with E-state index in [2.05, 4.69) is 5.32 Å². The lowest BCUT2D eigenvalue weighted by molar-refractivity contribution is -0.137. The number of benzene rings is 1. The molecule has 1 atom stereocenters. The van der Waals surface area contributed by atoms with Crippen LogP contribution in [-0.4, -0.2) is 22.5 Å². The van der Waals surface area contributed by atoms with Crippen LogP contribution in [0.4, 0.5) is 0 Å². The van der Waals surface area contributed by atoms with E-state index in [-0.39, 0.29) is 12.3 Å². The number of carboxylic acids is 1. The topological polar surface area (TPSA) is 66.4 Å². The Kier molecular flexibility index (Phi) is 4.10. The first kappa shape index (κ1) is 13.9. The van der Waals surface area contributed by atoms with Gasteiger partial charge in [0.15, 0.2) is 0 Å². The van der Waals surface area contributed by atoms with Crippen molar-refractivity contribution in [3.8, 4) is 0 Å². The van der Waals surface area contributed by atoms with Crippen LogP contribution in [-0.2, 0) is 16.0 Å². The first-order valence-corrected chi connectivity index (χ1v) is 6.64. The quantitative estimate of drug-likeness (QED) is 0.871. The van der Waals surface area contributed by atoms with Crippen molar-refractivity contribution in [2.24, 2.45) is 0 Å². The van der Waals surface area contributed by atoms with Crippen LogP contribution in [0.5, 0.6) is 0 Å². The van der Waals surface area contributed by atoms with Crippen LogP contribution in [0.2, 0.25) is 5.02 Å². The number of carbonyl (C=O) groups is 2. The SMILES string of the molecule is O=C(O)CC[C@@]1(Cc2ccc(Cl)cc2)CCC(=O)N1. The molecule has 5 heteroatoms. The Balaban J connectivity index is 2.11. The summed E-state index contributed by atoms with van der Waals surface area (Å²) in [6.45, 7) is 0. The highest BCUT2D eigenvalue weighted by Gasteiger charge is 2.37. The molecule has 0 unspecified atom stereocenters. The van der Waals surface area contributed by atoms with E-state index in [0.29, 0.717) is 30.7 Å². The number of halogens is 1. The van der Waals surface area contributed by atoms with Crippen LogP contribution in [0.15, 0.2) is 24.3 Å². The molecule has 102 valence electrons. The van der Waals surface area contributed by atoms with Crippen molar-refractivity contribution >= 4 is 23.5 Å². The normalized spacial score (nSPS) is 22.3. The maximum atomic E-state index is 11.5. The molecule has 19 heavy (non-hydrogen) atoms. The summed E-state index contributed by atoms with van der Waals surface area (Å²) in [5.74, 6) is -0.837. The van der Waals surface area contributed by atoms with Crippen LogP contribution in [0.25, 0.3) is 0 Å². The van der Waals surface area contributed by atoms with Crippen molar-refractivity contribution in [3.63, 3.8) is 0 Å². The van der Waals surface area contributed by atoms with Crippen LogP contribution in [0, 0.1) is 0 Å². The minimum absolute atomic E-state index is 0.000600. The lowest BCUT2D eigenvalue weighted by Crippen LogP contribution is -2.44. The van der Waals surface area contributed by atoms with E-state index in [1.54, 1.807) is 12.1 Å². The highest BCUT2D eigenvalue weighted by atomic mass is 35.5. The van der Waals surface area contributed by atoms with Gasteiger partial charge in [-0.2, -0.15) is 0 Å². The monoisotopic (exact) mass is 281 g/mol. The van der Waals surface area contributed by atoms with Gasteiger partial charge in [0.2, 0.25) is 5.91 Å². The lowest BCUT2D eigenvalue weighted by atomic mass is 9.85. The smallest absolute Gasteiger partial charge is 0.303 e. The van der Waals surface area contributed by atoms with E-state index in [1.807, 2.05) is 12.1 Å². The first-order valence-electron chi connectivity index (χ1n) is 6.26. The predicted molar refractivity (Wildman–Crippen MR) is 72.1 cm³/mol. The molecule has 0 aromatic heterocycles. The van der Waals surface area contributed by atoms with Crippen LogP contribution < -0.4 is 5.32 Å². The summed E-state index contributed by atoms with van der Waals surface area (Å²) in [6.07, 6.45) is 2.31. The number of rotatable bonds is 5. The van der Waals surface area contributed by atoms with Gasteiger partial charge in [0.1, 0.15) is 0 Å². The highest BCUT2D eigenvalue weighted by Crippen LogP contribution is 2.29. The molecule has 4 nitrogen and oxygen atoms in total. The fourth-order valence-corrected chi connectivity index (χ4v) is 2.65. The van der Waals surface area contributed by atoms with Gasteiger partial charge in [-0.25, -0.2) is 0 Å². The zero-order valence-corrected chi connectivity index (χ0v) is 11.2. The maximum Gasteiger partial charge on any atom is 0.303 e. The summed E-state index contributed by atoms with van der Waals surface area (Å²) in [5.41, 5.74) is 0.625. The van der Waals surface area contributed by atoms with E-state index < -0.39 is 11.5 Å². The van der Waals surface area contributed by atoms with Crippen LogP contribution in [0.3, 0.4) is 0 Å². The third kappa shape index (κ3) is 3.70. The number of carboxylic acid groups (broad SMARTS) is 1. The van der Waals surface area contributed by atoms with Gasteiger partial charge in [-0.3, -0.25) is 9.59 Å². The molecule has 1 aliphatic rings. The van der Waals surface area contributed by atoms with Gasteiger partial charge in [0, 0.05) is 23.4 Å². The third-order valence-corrected chi connectivity index (χ3v) is 3.76. The first-order chi connectivity index (χ1) is 8.99. The fraction of sp³-hybridized carbons (Fsp3) is 0.429. The summed E-state index contributed by atoms with van der Waals surface area (Å²) < 4.78 is 0. The summed E-state index contributed by atoms with van der Waals surface area (Å²) in [5, 5.41) is 12.4. The zero-order chi connectivity index (χ0) is 13.9. The molecule has 0 spiro atoms. The zero-order valence-electron chi connectivity index (χ0n) is 10.5. The fourth-order valence-electron chi connectivity index (χ4n) is 2.52. The summed E-state index contributed by atoms with van der Waals surface area (Å²) in [4.78, 5) is 22.2. The third-order valence-electron chi connectivity index (χ3n) is 3.51. The second kappa shape index (κ2) is 5.61. The van der Waals surface area contributed by atoms with E-state index in [0.717, 1.165) is 5.56 Å². The molecule has 2 rings (SSSR count). The second-order valence-electron chi connectivity index (χ2n) is 5.03. The highest BCUT2D eigenvalue weighted by molar-refractivity contribution is 6.30. The Bertz CT molecular complexity index is 486. The van der Waals surface area contributed by atoms with E-state index in [9.17, 15) is 9.59 Å². The molecule has 1 aromatic rings. The number of aliphatic carboxylic acids is 1. The number of amides is 1. The average molecular weight is 282 g/mol. The van der Waals surface area contributed by atoms with Crippen molar-refractivity contribution < 1.29 is 14.7 Å². The predicted octanol–water partition coefficient (Wildman–Crippen LogP) is 2.40. The average Bonchev–Trinajstić information content (AvgIpc) is 2.72. The lowest BCUT2D eigenvalue weighted by Gasteiger charge is -2.29. The molecule has 1 heterocycles. The van der Waals surface area contributed by atoms with Gasteiger partial charge in [-0.05, 0) is 37.0 Å². The van der Waals surface area contributed by atoms with Gasteiger partial charge in [0.25, 0.3) is 0 Å². The van der Waals surface area contributed by atoms with E-state index >= 15 is 0 Å². The van der Waals surface area contributed by atoms with E-state index in [4.69, 9.17) is 16.7 Å². The Labute approximate surface area is 116 Å². The molecule has 1 fully saturated rings. The Hall–Kier alpha value is -1.55. The number of nitrogens with one attached hydrogen (secondary N) is 1. The summed E-state index contributed by atoms with van der Waals surface area (Å²) in [7, 11) is 0. The molecule has 2 N–H and O–H groups in total. The largest absolute Gasteiger partial charge is 0.481 e. The summed E-state index contributed by atoms with van der Waals surface area (Å²) >= 11 is 5.84. The number of carbonyl (C=O) groups excluding carboxylic acids is 1. The molecular weight excluding hydrogens is 266 g/mol. The van der Waals surface area contributed by atoms with Gasteiger partial charge in [0.05, 0.1) is 0 Å². The molecule has 0 radical (unpaired) electrons. The van der Waals surface area contributed by atoms with E-state index in [1.165, 1.54) is 0 Å². The van der Waals surface area contributed by atoms with Gasteiger partial charge in [-0.15, -0.1) is 0 Å². The Morgan fingerprint density at radius 2 is 2.05 bits per heavy atom. The molecule has 0 saturated carbocycles. The number of hydrogen-bond donors (Lipinski definition) is 2. The Morgan fingerprint density at radius 1 is 1.37 bits per heavy atom. The maximum absolute atomic E-state index is 11.5. The van der Waals surface area contributed by atoms with Crippen molar-refractivity contribution in [2.75, 3.05) is 0 Å².